The van der Waals surface area contributed by atoms with Gasteiger partial charge in [0.15, 0.2) is 0 Å². The average Bonchev–Trinajstić information content (AvgIpc) is 2.37. The second-order valence-corrected chi connectivity index (χ2v) is 5.38. The molecule has 0 saturated carbocycles. The van der Waals surface area contributed by atoms with Gasteiger partial charge in [-0.2, -0.15) is 0 Å². The molecule has 0 amide bonds. The lowest BCUT2D eigenvalue weighted by Gasteiger charge is -2.34. The third-order valence-electron chi connectivity index (χ3n) is 3.37. The number of hydrogen-bond donors (Lipinski definition) is 1. The summed E-state index contributed by atoms with van der Waals surface area (Å²) < 4.78 is 0. The predicted octanol–water partition coefficient (Wildman–Crippen LogP) is 1.74. The van der Waals surface area contributed by atoms with E-state index in [1.807, 2.05) is 18.5 Å². The minimum atomic E-state index is 0.100. The van der Waals surface area contributed by atoms with Crippen molar-refractivity contribution < 1.29 is 0 Å². The molecule has 1 rings (SSSR count). The molecular weight excluding hydrogens is 236 g/mol. The van der Waals surface area contributed by atoms with Crippen molar-refractivity contribution in [2.75, 3.05) is 33.7 Å². The number of likely N-dealkylation sites (N-methyl/N-ethyl adjacent to an activating group) is 1. The second-order valence-electron chi connectivity index (χ2n) is 5.38. The average molecular weight is 264 g/mol. The SMILES string of the molecule is CCN(CCCN(C)C)C(c1cccnc1)C(C)N. The highest BCUT2D eigenvalue weighted by Gasteiger charge is 2.22. The lowest BCUT2D eigenvalue weighted by atomic mass is 10.0. The molecule has 0 radical (unpaired) electrons. The molecule has 2 N–H and O–H groups in total. The molecule has 0 saturated heterocycles. The molecule has 0 fully saturated rings. The van der Waals surface area contributed by atoms with E-state index in [1.54, 1.807) is 0 Å². The van der Waals surface area contributed by atoms with E-state index >= 15 is 0 Å². The second kappa shape index (κ2) is 8.25. The van der Waals surface area contributed by atoms with Crippen LogP contribution < -0.4 is 5.73 Å². The molecule has 0 aliphatic heterocycles. The fourth-order valence-corrected chi connectivity index (χ4v) is 2.48. The van der Waals surface area contributed by atoms with Gasteiger partial charge < -0.3 is 10.6 Å². The molecule has 1 heterocycles. The van der Waals surface area contributed by atoms with Gasteiger partial charge in [0.25, 0.3) is 0 Å². The van der Waals surface area contributed by atoms with Crippen LogP contribution in [0.1, 0.15) is 31.9 Å². The third kappa shape index (κ3) is 5.27. The monoisotopic (exact) mass is 264 g/mol. The molecule has 0 spiro atoms. The molecule has 4 heteroatoms. The first-order valence-electron chi connectivity index (χ1n) is 7.10. The zero-order valence-corrected chi connectivity index (χ0v) is 12.7. The fourth-order valence-electron chi connectivity index (χ4n) is 2.48. The normalized spacial score (nSPS) is 14.9. The van der Waals surface area contributed by atoms with Crippen LogP contribution >= 0.6 is 0 Å². The molecule has 4 nitrogen and oxygen atoms in total. The zero-order valence-electron chi connectivity index (χ0n) is 12.7. The number of rotatable bonds is 8. The van der Waals surface area contributed by atoms with Crippen molar-refractivity contribution in [3.05, 3.63) is 30.1 Å². The molecule has 0 aliphatic rings. The fraction of sp³-hybridized carbons (Fsp3) is 0.667. The van der Waals surface area contributed by atoms with E-state index in [0.29, 0.717) is 0 Å². The van der Waals surface area contributed by atoms with Crippen molar-refractivity contribution in [1.29, 1.82) is 0 Å². The standard InChI is InChI=1S/C15H28N4/c1-5-19(11-7-10-18(3)4)15(13(2)16)14-8-6-9-17-12-14/h6,8-9,12-13,15H,5,7,10-11,16H2,1-4H3. The number of hydrogen-bond acceptors (Lipinski definition) is 4. The molecule has 2 unspecified atom stereocenters. The van der Waals surface area contributed by atoms with Crippen LogP contribution in [0.2, 0.25) is 0 Å². The van der Waals surface area contributed by atoms with Crippen LogP contribution in [-0.2, 0) is 0 Å². The van der Waals surface area contributed by atoms with Crippen LogP contribution in [0.3, 0.4) is 0 Å². The van der Waals surface area contributed by atoms with Crippen molar-refractivity contribution >= 4 is 0 Å². The van der Waals surface area contributed by atoms with Crippen LogP contribution in [0.25, 0.3) is 0 Å². The van der Waals surface area contributed by atoms with Gasteiger partial charge in [-0.05, 0) is 52.2 Å². The molecule has 2 atom stereocenters. The Bertz CT molecular complexity index is 337. The number of nitrogens with two attached hydrogens (primary N) is 1. The van der Waals surface area contributed by atoms with Crippen LogP contribution in [0.15, 0.2) is 24.5 Å². The van der Waals surface area contributed by atoms with E-state index in [-0.39, 0.29) is 12.1 Å². The summed E-state index contributed by atoms with van der Waals surface area (Å²) in [5, 5.41) is 0. The summed E-state index contributed by atoms with van der Waals surface area (Å²) in [7, 11) is 4.22. The van der Waals surface area contributed by atoms with Gasteiger partial charge >= 0.3 is 0 Å². The molecule has 0 aliphatic carbocycles. The molecule has 108 valence electrons. The Morgan fingerprint density at radius 3 is 2.53 bits per heavy atom. The van der Waals surface area contributed by atoms with E-state index in [2.05, 4.69) is 48.8 Å². The number of nitrogens with zero attached hydrogens (tertiary/aromatic N) is 3. The summed E-state index contributed by atoms with van der Waals surface area (Å²) >= 11 is 0. The molecule has 1 aromatic heterocycles. The first-order chi connectivity index (χ1) is 9.06. The van der Waals surface area contributed by atoms with Crippen molar-refractivity contribution in [2.45, 2.75) is 32.4 Å². The summed E-state index contributed by atoms with van der Waals surface area (Å²) in [5.74, 6) is 0. The van der Waals surface area contributed by atoms with Gasteiger partial charge in [-0.3, -0.25) is 9.88 Å². The lowest BCUT2D eigenvalue weighted by Crippen LogP contribution is -2.40. The smallest absolute Gasteiger partial charge is 0.0511 e. The lowest BCUT2D eigenvalue weighted by molar-refractivity contribution is 0.177. The maximum Gasteiger partial charge on any atom is 0.0511 e. The summed E-state index contributed by atoms with van der Waals surface area (Å²) in [6.07, 6.45) is 4.90. The molecule has 0 aromatic carbocycles. The van der Waals surface area contributed by atoms with Gasteiger partial charge in [0, 0.05) is 25.0 Å². The van der Waals surface area contributed by atoms with E-state index in [9.17, 15) is 0 Å². The van der Waals surface area contributed by atoms with Crippen molar-refractivity contribution in [1.82, 2.24) is 14.8 Å². The van der Waals surface area contributed by atoms with Crippen LogP contribution in [0.5, 0.6) is 0 Å². The van der Waals surface area contributed by atoms with Crippen LogP contribution in [0.4, 0.5) is 0 Å². The molecule has 0 bridgehead atoms. The maximum absolute atomic E-state index is 6.20. The highest BCUT2D eigenvalue weighted by molar-refractivity contribution is 5.16. The minimum absolute atomic E-state index is 0.100. The van der Waals surface area contributed by atoms with E-state index in [1.165, 1.54) is 5.56 Å². The highest BCUT2D eigenvalue weighted by atomic mass is 15.2. The first-order valence-corrected chi connectivity index (χ1v) is 7.10. The Kier molecular flexibility index (Phi) is 6.99. The number of pyridine rings is 1. The Balaban J connectivity index is 2.72. The van der Waals surface area contributed by atoms with Crippen molar-refractivity contribution in [3.8, 4) is 0 Å². The number of aromatic nitrogens is 1. The summed E-state index contributed by atoms with van der Waals surface area (Å²) in [4.78, 5) is 8.89. The summed E-state index contributed by atoms with van der Waals surface area (Å²) in [6, 6.07) is 4.46. The molecular formula is C15H28N4. The minimum Gasteiger partial charge on any atom is -0.326 e. The van der Waals surface area contributed by atoms with Crippen molar-refractivity contribution in [2.24, 2.45) is 5.73 Å². The van der Waals surface area contributed by atoms with Gasteiger partial charge in [0.1, 0.15) is 0 Å². The summed E-state index contributed by atoms with van der Waals surface area (Å²) in [6.45, 7) is 7.45. The van der Waals surface area contributed by atoms with E-state index in [0.717, 1.165) is 26.1 Å². The third-order valence-corrected chi connectivity index (χ3v) is 3.37. The maximum atomic E-state index is 6.20. The van der Waals surface area contributed by atoms with E-state index < -0.39 is 0 Å². The summed E-state index contributed by atoms with van der Waals surface area (Å²) in [5.41, 5.74) is 7.41. The van der Waals surface area contributed by atoms with Gasteiger partial charge in [0.2, 0.25) is 0 Å². The Morgan fingerprint density at radius 2 is 2.05 bits per heavy atom. The zero-order chi connectivity index (χ0) is 14.3. The first kappa shape index (κ1) is 16.1. The van der Waals surface area contributed by atoms with Crippen LogP contribution in [0, 0.1) is 0 Å². The molecule has 19 heavy (non-hydrogen) atoms. The van der Waals surface area contributed by atoms with E-state index in [4.69, 9.17) is 5.73 Å². The van der Waals surface area contributed by atoms with Crippen LogP contribution in [-0.4, -0.2) is 54.6 Å². The predicted molar refractivity (Wildman–Crippen MR) is 81.0 cm³/mol. The van der Waals surface area contributed by atoms with Gasteiger partial charge in [-0.15, -0.1) is 0 Å². The Labute approximate surface area is 117 Å². The van der Waals surface area contributed by atoms with Gasteiger partial charge in [0.05, 0.1) is 6.04 Å². The van der Waals surface area contributed by atoms with Crippen molar-refractivity contribution in [3.63, 3.8) is 0 Å². The van der Waals surface area contributed by atoms with Gasteiger partial charge in [-0.1, -0.05) is 13.0 Å². The Hall–Kier alpha value is -0.970. The van der Waals surface area contributed by atoms with Gasteiger partial charge in [-0.25, -0.2) is 0 Å². The molecule has 1 aromatic rings. The Morgan fingerprint density at radius 1 is 1.32 bits per heavy atom. The largest absolute Gasteiger partial charge is 0.326 e. The topological polar surface area (TPSA) is 45.4 Å². The quantitative estimate of drug-likeness (QED) is 0.777. The highest BCUT2D eigenvalue weighted by Crippen LogP contribution is 2.22.